The molecule has 1 aromatic rings. The molecule has 1 rings (SSSR count). The summed E-state index contributed by atoms with van der Waals surface area (Å²) in [6.45, 7) is 2.57. The molecule has 0 atom stereocenters. The van der Waals surface area contributed by atoms with Crippen molar-refractivity contribution in [1.29, 1.82) is 0 Å². The van der Waals surface area contributed by atoms with Crippen molar-refractivity contribution < 1.29 is 8.42 Å². The van der Waals surface area contributed by atoms with Crippen molar-refractivity contribution in [2.45, 2.75) is 11.4 Å². The van der Waals surface area contributed by atoms with E-state index in [4.69, 9.17) is 0 Å². The van der Waals surface area contributed by atoms with E-state index >= 15 is 0 Å². The molecule has 0 saturated carbocycles. The second-order valence-electron chi connectivity index (χ2n) is 3.70. The first-order valence-corrected chi connectivity index (χ1v) is 7.07. The Kier molecular flexibility index (Phi) is 4.92. The highest BCUT2D eigenvalue weighted by Crippen LogP contribution is 2.09. The van der Waals surface area contributed by atoms with Gasteiger partial charge >= 0.3 is 0 Å². The largest absolute Gasteiger partial charge is 0.318 e. The summed E-state index contributed by atoms with van der Waals surface area (Å²) in [6, 6.07) is 6.96. The van der Waals surface area contributed by atoms with Crippen molar-refractivity contribution in [2.75, 3.05) is 26.4 Å². The molecule has 0 aliphatic rings. The number of benzene rings is 1. The molecule has 0 fully saturated rings. The molecule has 0 bridgehead atoms. The van der Waals surface area contributed by atoms with Gasteiger partial charge in [0.1, 0.15) is 0 Å². The van der Waals surface area contributed by atoms with Gasteiger partial charge in [-0.05, 0) is 24.7 Å². The van der Waals surface area contributed by atoms with Gasteiger partial charge in [0.15, 0.2) is 9.84 Å². The molecule has 0 heterocycles. The van der Waals surface area contributed by atoms with Crippen LogP contribution in [-0.2, 0) is 16.4 Å². The van der Waals surface area contributed by atoms with E-state index in [1.165, 1.54) is 6.26 Å². The zero-order valence-corrected chi connectivity index (χ0v) is 10.5. The van der Waals surface area contributed by atoms with Crippen LogP contribution in [-0.4, -0.2) is 34.8 Å². The molecule has 0 aromatic heterocycles. The molecular formula is C11H18N2O2S. The Hall–Kier alpha value is -0.910. The summed E-state index contributed by atoms with van der Waals surface area (Å²) in [5, 5.41) is 6.29. The highest BCUT2D eigenvalue weighted by Gasteiger charge is 2.05. The predicted molar refractivity (Wildman–Crippen MR) is 65.2 cm³/mol. The van der Waals surface area contributed by atoms with Crippen LogP contribution in [0.4, 0.5) is 0 Å². The van der Waals surface area contributed by atoms with Crippen LogP contribution in [0.1, 0.15) is 5.56 Å². The Bertz CT molecular complexity index is 412. The van der Waals surface area contributed by atoms with Crippen LogP contribution in [0, 0.1) is 0 Å². The quantitative estimate of drug-likeness (QED) is 0.709. The third kappa shape index (κ3) is 4.30. The minimum absolute atomic E-state index is 0.367. The number of likely N-dealkylation sites (N-methyl/N-ethyl adjacent to an activating group) is 1. The van der Waals surface area contributed by atoms with Crippen LogP contribution in [0.15, 0.2) is 29.2 Å². The van der Waals surface area contributed by atoms with E-state index < -0.39 is 9.84 Å². The normalized spacial score (nSPS) is 11.6. The maximum absolute atomic E-state index is 11.2. The average molecular weight is 242 g/mol. The van der Waals surface area contributed by atoms with Gasteiger partial charge in [-0.3, -0.25) is 0 Å². The van der Waals surface area contributed by atoms with E-state index in [-0.39, 0.29) is 0 Å². The lowest BCUT2D eigenvalue weighted by Crippen LogP contribution is -2.24. The standard InChI is InChI=1S/C11H18N2O2S/c1-12-7-8-13-9-10-3-5-11(6-4-10)16(2,14)15/h3-6,12-13H,7-9H2,1-2H3. The fourth-order valence-corrected chi connectivity index (χ4v) is 1.93. The number of sulfone groups is 1. The summed E-state index contributed by atoms with van der Waals surface area (Å²) in [7, 11) is -1.17. The van der Waals surface area contributed by atoms with Crippen LogP contribution in [0.2, 0.25) is 0 Å². The molecule has 0 unspecified atom stereocenters. The maximum atomic E-state index is 11.2. The maximum Gasteiger partial charge on any atom is 0.175 e. The Labute approximate surface area is 97.0 Å². The molecule has 0 amide bonds. The van der Waals surface area contributed by atoms with Crippen molar-refractivity contribution in [3.63, 3.8) is 0 Å². The molecule has 5 heteroatoms. The predicted octanol–water partition coefficient (Wildman–Crippen LogP) is 0.399. The lowest BCUT2D eigenvalue weighted by molar-refractivity contribution is 0.601. The lowest BCUT2D eigenvalue weighted by atomic mass is 10.2. The third-order valence-electron chi connectivity index (χ3n) is 2.23. The number of rotatable bonds is 6. The minimum Gasteiger partial charge on any atom is -0.318 e. The average Bonchev–Trinajstić information content (AvgIpc) is 2.24. The van der Waals surface area contributed by atoms with Gasteiger partial charge in [0.2, 0.25) is 0 Å². The molecule has 0 saturated heterocycles. The van der Waals surface area contributed by atoms with E-state index in [1.807, 2.05) is 19.2 Å². The first-order chi connectivity index (χ1) is 7.54. The monoisotopic (exact) mass is 242 g/mol. The van der Waals surface area contributed by atoms with Crippen molar-refractivity contribution >= 4 is 9.84 Å². The van der Waals surface area contributed by atoms with Gasteiger partial charge < -0.3 is 10.6 Å². The van der Waals surface area contributed by atoms with Crippen LogP contribution >= 0.6 is 0 Å². The summed E-state index contributed by atoms with van der Waals surface area (Å²) >= 11 is 0. The van der Waals surface area contributed by atoms with Crippen LogP contribution < -0.4 is 10.6 Å². The summed E-state index contributed by atoms with van der Waals surface area (Å²) in [5.41, 5.74) is 1.09. The van der Waals surface area contributed by atoms with Crippen molar-refractivity contribution in [3.05, 3.63) is 29.8 Å². The molecule has 90 valence electrons. The van der Waals surface area contributed by atoms with E-state index in [0.29, 0.717) is 4.90 Å². The van der Waals surface area contributed by atoms with E-state index in [0.717, 1.165) is 25.2 Å². The molecule has 0 aliphatic carbocycles. The minimum atomic E-state index is -3.08. The van der Waals surface area contributed by atoms with Crippen LogP contribution in [0.5, 0.6) is 0 Å². The second-order valence-corrected chi connectivity index (χ2v) is 5.71. The zero-order valence-electron chi connectivity index (χ0n) is 9.66. The van der Waals surface area contributed by atoms with Gasteiger partial charge in [0, 0.05) is 25.9 Å². The molecule has 4 nitrogen and oxygen atoms in total. The van der Waals surface area contributed by atoms with Gasteiger partial charge in [-0.15, -0.1) is 0 Å². The fraction of sp³-hybridized carbons (Fsp3) is 0.455. The van der Waals surface area contributed by atoms with Crippen molar-refractivity contribution in [1.82, 2.24) is 10.6 Å². The lowest BCUT2D eigenvalue weighted by Gasteiger charge is -2.05. The Morgan fingerprint density at radius 2 is 1.75 bits per heavy atom. The highest BCUT2D eigenvalue weighted by molar-refractivity contribution is 7.90. The van der Waals surface area contributed by atoms with Gasteiger partial charge in [0.05, 0.1) is 4.90 Å². The molecule has 0 radical (unpaired) electrons. The van der Waals surface area contributed by atoms with Crippen molar-refractivity contribution in [3.8, 4) is 0 Å². The Morgan fingerprint density at radius 1 is 1.12 bits per heavy atom. The van der Waals surface area contributed by atoms with Crippen LogP contribution in [0.25, 0.3) is 0 Å². The molecule has 16 heavy (non-hydrogen) atoms. The number of hydrogen-bond acceptors (Lipinski definition) is 4. The van der Waals surface area contributed by atoms with Gasteiger partial charge in [-0.2, -0.15) is 0 Å². The Morgan fingerprint density at radius 3 is 2.25 bits per heavy atom. The smallest absolute Gasteiger partial charge is 0.175 e. The SMILES string of the molecule is CNCCNCc1ccc(S(C)(=O)=O)cc1. The topological polar surface area (TPSA) is 58.2 Å². The number of nitrogens with one attached hydrogen (secondary N) is 2. The van der Waals surface area contributed by atoms with E-state index in [2.05, 4.69) is 10.6 Å². The van der Waals surface area contributed by atoms with Gasteiger partial charge in [-0.1, -0.05) is 12.1 Å². The molecule has 2 N–H and O–H groups in total. The summed E-state index contributed by atoms with van der Waals surface area (Å²) < 4.78 is 22.4. The van der Waals surface area contributed by atoms with E-state index in [1.54, 1.807) is 12.1 Å². The molecule has 0 aliphatic heterocycles. The Balaban J connectivity index is 2.52. The first kappa shape index (κ1) is 13.2. The second kappa shape index (κ2) is 5.98. The summed E-state index contributed by atoms with van der Waals surface area (Å²) in [4.78, 5) is 0.367. The van der Waals surface area contributed by atoms with Crippen LogP contribution in [0.3, 0.4) is 0 Å². The fourth-order valence-electron chi connectivity index (χ4n) is 1.30. The first-order valence-electron chi connectivity index (χ1n) is 5.18. The molecule has 0 spiro atoms. The summed E-state index contributed by atoms with van der Waals surface area (Å²) in [5.74, 6) is 0. The van der Waals surface area contributed by atoms with E-state index in [9.17, 15) is 8.42 Å². The van der Waals surface area contributed by atoms with Gasteiger partial charge in [-0.25, -0.2) is 8.42 Å². The van der Waals surface area contributed by atoms with Crippen molar-refractivity contribution in [2.24, 2.45) is 0 Å². The number of hydrogen-bond donors (Lipinski definition) is 2. The third-order valence-corrected chi connectivity index (χ3v) is 3.36. The molecule has 1 aromatic carbocycles. The zero-order chi connectivity index (χ0) is 12.0. The highest BCUT2D eigenvalue weighted by atomic mass is 32.2. The van der Waals surface area contributed by atoms with Gasteiger partial charge in [0.25, 0.3) is 0 Å². The summed E-state index contributed by atoms with van der Waals surface area (Å²) in [6.07, 6.45) is 1.22. The molecular weight excluding hydrogens is 224 g/mol.